The number of carbonyl (C=O) groups is 2. The van der Waals surface area contributed by atoms with Crippen molar-refractivity contribution in [2.75, 3.05) is 13.7 Å². The van der Waals surface area contributed by atoms with Crippen LogP contribution in [0.3, 0.4) is 0 Å². The molecular formula is C35H65NO6. The van der Waals surface area contributed by atoms with Crippen molar-refractivity contribution in [1.29, 1.82) is 0 Å². The fraction of sp³-hybridized carbons (Fsp3) is 0.886. The van der Waals surface area contributed by atoms with Crippen LogP contribution < -0.4 is 5.32 Å². The average molecular weight is 596 g/mol. The maximum Gasteiger partial charge on any atom is 0.322 e. The van der Waals surface area contributed by atoms with Crippen LogP contribution in [0.25, 0.3) is 0 Å². The Morgan fingerprint density at radius 3 is 2.17 bits per heavy atom. The second-order valence-corrected chi connectivity index (χ2v) is 13.7. The quantitative estimate of drug-likeness (QED) is 0.123. The lowest BCUT2D eigenvalue weighted by molar-refractivity contribution is -0.185. The summed E-state index contributed by atoms with van der Waals surface area (Å²) >= 11 is 0. The van der Waals surface area contributed by atoms with Gasteiger partial charge in [-0.2, -0.15) is 0 Å². The number of nitrogens with one attached hydrogen (secondary N) is 1. The summed E-state index contributed by atoms with van der Waals surface area (Å²) in [5, 5.41) is 31.8. The zero-order valence-corrected chi connectivity index (χ0v) is 28.0. The molecule has 4 N–H and O–H groups in total. The smallest absolute Gasteiger partial charge is 0.322 e. The highest BCUT2D eigenvalue weighted by Crippen LogP contribution is 2.69. The predicted octanol–water partition coefficient (Wildman–Crippen LogP) is 7.00. The first-order valence-electron chi connectivity index (χ1n) is 16.8. The maximum absolute atomic E-state index is 11.6. The summed E-state index contributed by atoms with van der Waals surface area (Å²) in [5.74, 6) is 2.12. The van der Waals surface area contributed by atoms with Gasteiger partial charge in [0.15, 0.2) is 0 Å². The van der Waals surface area contributed by atoms with Gasteiger partial charge in [0.25, 0.3) is 0 Å². The second kappa shape index (κ2) is 17.8. The third-order valence-electron chi connectivity index (χ3n) is 11.6. The molecule has 7 heteroatoms. The van der Waals surface area contributed by atoms with Crippen molar-refractivity contribution in [3.8, 4) is 0 Å². The third-order valence-corrected chi connectivity index (χ3v) is 11.6. The van der Waals surface area contributed by atoms with E-state index < -0.39 is 11.6 Å². The minimum absolute atomic E-state index is 0.139. The minimum atomic E-state index is -1.04. The molecule has 0 saturated heterocycles. The predicted molar refractivity (Wildman–Crippen MR) is 171 cm³/mol. The normalized spacial score (nSPS) is 37.7. The lowest BCUT2D eigenvalue weighted by Gasteiger charge is -2.63. The Hall–Kier alpha value is -1.44. The summed E-state index contributed by atoms with van der Waals surface area (Å²) in [6.07, 6.45) is 15.7. The Bertz CT molecular complexity index is 804. The van der Waals surface area contributed by atoms with Crippen LogP contribution in [0, 0.1) is 40.4 Å². The van der Waals surface area contributed by atoms with E-state index in [9.17, 15) is 19.8 Å². The molecule has 10 atom stereocenters. The second-order valence-electron chi connectivity index (χ2n) is 13.7. The SMILES string of the molecule is C=C.CC.CCCCCC[C@](C)(O)C1CCC2C3C[C@H](OC)C4CC(O)CCC4(C)[C@H]3CCC21C.O=CNCC(=O)O. The number of hydrogen-bond acceptors (Lipinski definition) is 5. The first-order valence-corrected chi connectivity index (χ1v) is 16.8. The molecule has 0 radical (unpaired) electrons. The highest BCUT2D eigenvalue weighted by Gasteiger charge is 2.64. The molecule has 0 spiro atoms. The fourth-order valence-electron chi connectivity index (χ4n) is 9.74. The van der Waals surface area contributed by atoms with Crippen molar-refractivity contribution >= 4 is 12.4 Å². The van der Waals surface area contributed by atoms with Crippen molar-refractivity contribution in [3.05, 3.63) is 13.2 Å². The first kappa shape index (κ1) is 38.6. The number of aliphatic carboxylic acids is 1. The van der Waals surface area contributed by atoms with Crippen LogP contribution in [0.5, 0.6) is 0 Å². The van der Waals surface area contributed by atoms with Crippen molar-refractivity contribution in [2.24, 2.45) is 40.4 Å². The number of fused-ring (bicyclic) bond motifs is 5. The number of carbonyl (C=O) groups excluding carboxylic acids is 1. The van der Waals surface area contributed by atoms with Crippen molar-refractivity contribution < 1.29 is 29.6 Å². The van der Waals surface area contributed by atoms with Gasteiger partial charge in [0, 0.05) is 7.11 Å². The van der Waals surface area contributed by atoms with Crippen molar-refractivity contribution in [3.63, 3.8) is 0 Å². The Labute approximate surface area is 257 Å². The van der Waals surface area contributed by atoms with E-state index >= 15 is 0 Å². The molecule has 0 bridgehead atoms. The highest BCUT2D eigenvalue weighted by molar-refractivity contribution is 5.71. The summed E-state index contributed by atoms with van der Waals surface area (Å²) in [6.45, 7) is 19.2. The van der Waals surface area contributed by atoms with Gasteiger partial charge in [-0.1, -0.05) is 60.3 Å². The van der Waals surface area contributed by atoms with Gasteiger partial charge in [0.05, 0.1) is 17.8 Å². The number of rotatable bonds is 10. The van der Waals surface area contributed by atoms with E-state index in [2.05, 4.69) is 40.9 Å². The molecule has 4 rings (SSSR count). The molecule has 42 heavy (non-hydrogen) atoms. The lowest BCUT2D eigenvalue weighted by atomic mass is 9.43. The van der Waals surface area contributed by atoms with Crippen LogP contribution in [-0.2, 0) is 14.3 Å². The Balaban J connectivity index is 0.000000696. The van der Waals surface area contributed by atoms with Crippen LogP contribution in [0.1, 0.15) is 125 Å². The first-order chi connectivity index (χ1) is 19.9. The molecule has 0 aromatic carbocycles. The average Bonchev–Trinajstić information content (AvgIpc) is 3.35. The molecule has 0 aromatic heterocycles. The fourth-order valence-corrected chi connectivity index (χ4v) is 9.74. The van der Waals surface area contributed by atoms with Crippen molar-refractivity contribution in [1.82, 2.24) is 5.32 Å². The topological polar surface area (TPSA) is 116 Å². The zero-order valence-electron chi connectivity index (χ0n) is 28.0. The summed E-state index contributed by atoms with van der Waals surface area (Å²) in [5.41, 5.74) is 0.0524. The minimum Gasteiger partial charge on any atom is -0.480 e. The van der Waals surface area contributed by atoms with Crippen LogP contribution in [-0.4, -0.2) is 59.2 Å². The number of hydrogen-bond donors (Lipinski definition) is 4. The van der Waals surface area contributed by atoms with Crippen LogP contribution >= 0.6 is 0 Å². The summed E-state index contributed by atoms with van der Waals surface area (Å²) in [6, 6.07) is 0. The number of aliphatic hydroxyl groups excluding tert-OH is 1. The van der Waals surface area contributed by atoms with Gasteiger partial charge in [-0.3, -0.25) is 9.59 Å². The van der Waals surface area contributed by atoms with E-state index in [1.807, 2.05) is 26.3 Å². The van der Waals surface area contributed by atoms with E-state index in [1.54, 1.807) is 0 Å². The molecule has 0 aromatic rings. The molecule has 1 amide bonds. The van der Waals surface area contributed by atoms with E-state index in [0.717, 1.165) is 49.9 Å². The maximum atomic E-state index is 11.6. The summed E-state index contributed by atoms with van der Waals surface area (Å²) in [4.78, 5) is 18.9. The summed E-state index contributed by atoms with van der Waals surface area (Å²) in [7, 11) is 1.90. The number of methoxy groups -OCH3 is 1. The third kappa shape index (κ3) is 8.81. The Morgan fingerprint density at radius 1 is 1.00 bits per heavy atom. The van der Waals surface area contributed by atoms with Gasteiger partial charge in [-0.05, 0) is 105 Å². The van der Waals surface area contributed by atoms with Gasteiger partial charge >= 0.3 is 5.97 Å². The molecule has 246 valence electrons. The number of unbranched alkanes of at least 4 members (excludes halogenated alkanes) is 3. The van der Waals surface area contributed by atoms with Gasteiger partial charge in [0.2, 0.25) is 6.41 Å². The molecule has 0 heterocycles. The molecule has 4 saturated carbocycles. The van der Waals surface area contributed by atoms with E-state index in [1.165, 1.54) is 51.4 Å². The molecule has 4 fully saturated rings. The standard InChI is InChI=1S/C28H50O3.C3H5NO3.C2H6.C2H4/c1-6-7-8-9-14-28(4,30)25-11-10-21-20-18-24(31-5)23-17-19(29)12-15-26(23,2)22(20)13-16-27(21,25)3;5-2-4-1-3(6)7;2*1-2/h19-25,29-30H,6-18H2,1-5H3;2H,1H2,(H,4,5)(H,6,7);1-2H3;1-2H2/t19?,20?,21?,22-,23?,24-,25?,26?,27?,28-;;;/m0.../s1. The Morgan fingerprint density at radius 2 is 1.62 bits per heavy atom. The van der Waals surface area contributed by atoms with E-state index in [4.69, 9.17) is 9.84 Å². The molecule has 7 nitrogen and oxygen atoms in total. The van der Waals surface area contributed by atoms with Crippen LogP contribution in [0.4, 0.5) is 0 Å². The number of ether oxygens (including phenoxy) is 1. The number of carboxylic acids is 1. The van der Waals surface area contributed by atoms with Crippen LogP contribution in [0.15, 0.2) is 13.2 Å². The molecule has 4 aliphatic rings. The van der Waals surface area contributed by atoms with Gasteiger partial charge < -0.3 is 25.4 Å². The molecule has 0 aliphatic heterocycles. The molecule has 7 unspecified atom stereocenters. The lowest BCUT2D eigenvalue weighted by Crippen LogP contribution is -2.59. The number of aliphatic hydroxyl groups is 2. The van der Waals surface area contributed by atoms with Gasteiger partial charge in [-0.15, -0.1) is 13.2 Å². The number of carboxylic acid groups (broad SMARTS) is 1. The monoisotopic (exact) mass is 595 g/mol. The zero-order chi connectivity index (χ0) is 32.1. The Kier molecular flexibility index (Phi) is 16.3. The van der Waals surface area contributed by atoms with Crippen molar-refractivity contribution in [2.45, 2.75) is 143 Å². The van der Waals surface area contributed by atoms with E-state index in [-0.39, 0.29) is 24.2 Å². The van der Waals surface area contributed by atoms with E-state index in [0.29, 0.717) is 23.7 Å². The van der Waals surface area contributed by atoms with Crippen LogP contribution in [0.2, 0.25) is 0 Å². The largest absolute Gasteiger partial charge is 0.480 e. The highest BCUT2D eigenvalue weighted by atomic mass is 16.5. The van der Waals surface area contributed by atoms with Gasteiger partial charge in [0.1, 0.15) is 6.54 Å². The molecule has 4 aliphatic carbocycles. The van der Waals surface area contributed by atoms with Gasteiger partial charge in [-0.25, -0.2) is 0 Å². The summed E-state index contributed by atoms with van der Waals surface area (Å²) < 4.78 is 6.11. The number of amides is 1. The molecular weight excluding hydrogens is 530 g/mol.